The fourth-order valence-corrected chi connectivity index (χ4v) is 2.60. The summed E-state index contributed by atoms with van der Waals surface area (Å²) in [6.45, 7) is 3.04. The molecule has 0 aromatic heterocycles. The second-order valence-electron chi connectivity index (χ2n) is 5.97. The number of rotatable bonds is 8. The van der Waals surface area contributed by atoms with Crippen LogP contribution in [0.5, 0.6) is 11.5 Å². The summed E-state index contributed by atoms with van der Waals surface area (Å²) in [7, 11) is 0. The third-order valence-corrected chi connectivity index (χ3v) is 4.11. The summed E-state index contributed by atoms with van der Waals surface area (Å²) in [5.74, 6) is 2.07. The van der Waals surface area contributed by atoms with Crippen LogP contribution in [0.2, 0.25) is 0 Å². The van der Waals surface area contributed by atoms with Crippen molar-refractivity contribution in [2.75, 3.05) is 13.2 Å². The summed E-state index contributed by atoms with van der Waals surface area (Å²) < 4.78 is 11.3. The van der Waals surface area contributed by atoms with Gasteiger partial charge in [0.1, 0.15) is 23.6 Å². The van der Waals surface area contributed by atoms with E-state index in [4.69, 9.17) is 9.47 Å². The Morgan fingerprint density at radius 3 is 2.24 bits per heavy atom. The van der Waals surface area contributed by atoms with E-state index in [1.807, 2.05) is 31.2 Å². The van der Waals surface area contributed by atoms with Crippen LogP contribution in [0.25, 0.3) is 0 Å². The molecule has 4 nitrogen and oxygen atoms in total. The number of ether oxygens (including phenoxy) is 2. The molecule has 2 aliphatic rings. The molecule has 3 rings (SSSR count). The highest BCUT2D eigenvalue weighted by Crippen LogP contribution is 2.41. The first kappa shape index (κ1) is 14.2. The molecule has 21 heavy (non-hydrogen) atoms. The van der Waals surface area contributed by atoms with Crippen LogP contribution in [0, 0.1) is 17.2 Å². The van der Waals surface area contributed by atoms with E-state index in [2.05, 4.69) is 11.4 Å². The van der Waals surface area contributed by atoms with Crippen molar-refractivity contribution in [2.24, 2.45) is 5.92 Å². The lowest BCUT2D eigenvalue weighted by atomic mass is 9.96. The van der Waals surface area contributed by atoms with Crippen molar-refractivity contribution in [2.45, 2.75) is 44.2 Å². The summed E-state index contributed by atoms with van der Waals surface area (Å²) >= 11 is 0. The highest BCUT2D eigenvalue weighted by atomic mass is 16.5. The molecule has 0 bridgehead atoms. The van der Waals surface area contributed by atoms with Gasteiger partial charge in [0.15, 0.2) is 0 Å². The Bertz CT molecular complexity index is 515. The van der Waals surface area contributed by atoms with Crippen molar-refractivity contribution in [3.05, 3.63) is 24.3 Å². The summed E-state index contributed by atoms with van der Waals surface area (Å²) in [6.07, 6.45) is 4.61. The first-order valence-electron chi connectivity index (χ1n) is 7.80. The van der Waals surface area contributed by atoms with Crippen molar-refractivity contribution in [3.8, 4) is 17.6 Å². The standard InChI is InChI=1S/C17H22N2O2/c1-2-20-15-7-9-16(10-8-15)21-12-17(11-18,13-3-4-13)19-14-5-6-14/h7-10,13-14,19H,2-6,12H2,1H3. The monoisotopic (exact) mass is 286 g/mol. The van der Waals surface area contributed by atoms with Gasteiger partial charge in [-0.3, -0.25) is 5.32 Å². The lowest BCUT2D eigenvalue weighted by Crippen LogP contribution is -2.52. The van der Waals surface area contributed by atoms with Crippen LogP contribution in [0.3, 0.4) is 0 Å². The zero-order valence-corrected chi connectivity index (χ0v) is 12.5. The second-order valence-corrected chi connectivity index (χ2v) is 5.97. The molecule has 1 aromatic rings. The molecule has 1 aromatic carbocycles. The zero-order chi connectivity index (χ0) is 14.7. The molecule has 4 heteroatoms. The van der Waals surface area contributed by atoms with Crippen LogP contribution in [0.15, 0.2) is 24.3 Å². The first-order chi connectivity index (χ1) is 10.3. The molecule has 0 spiro atoms. The van der Waals surface area contributed by atoms with E-state index in [0.717, 1.165) is 24.3 Å². The maximum atomic E-state index is 9.64. The van der Waals surface area contributed by atoms with Gasteiger partial charge in [-0.25, -0.2) is 0 Å². The number of hydrogen-bond acceptors (Lipinski definition) is 4. The maximum absolute atomic E-state index is 9.64. The largest absolute Gasteiger partial charge is 0.494 e. The van der Waals surface area contributed by atoms with E-state index in [0.29, 0.717) is 25.2 Å². The fourth-order valence-electron chi connectivity index (χ4n) is 2.60. The lowest BCUT2D eigenvalue weighted by molar-refractivity contribution is 0.200. The number of hydrogen-bond donors (Lipinski definition) is 1. The lowest BCUT2D eigenvalue weighted by Gasteiger charge is -2.28. The SMILES string of the molecule is CCOc1ccc(OCC(C#N)(NC2CC2)C2CC2)cc1. The summed E-state index contributed by atoms with van der Waals surface area (Å²) in [6, 6.07) is 10.6. The van der Waals surface area contributed by atoms with Crippen LogP contribution in [0.4, 0.5) is 0 Å². The maximum Gasteiger partial charge on any atom is 0.144 e. The molecule has 2 fully saturated rings. The van der Waals surface area contributed by atoms with E-state index in [9.17, 15) is 5.26 Å². The highest BCUT2D eigenvalue weighted by Gasteiger charge is 2.49. The summed E-state index contributed by atoms with van der Waals surface area (Å²) in [4.78, 5) is 0. The van der Waals surface area contributed by atoms with Gasteiger partial charge in [0.25, 0.3) is 0 Å². The average molecular weight is 286 g/mol. The average Bonchev–Trinajstić information content (AvgIpc) is 3.38. The van der Waals surface area contributed by atoms with Gasteiger partial charge in [0.05, 0.1) is 12.7 Å². The van der Waals surface area contributed by atoms with Gasteiger partial charge >= 0.3 is 0 Å². The zero-order valence-electron chi connectivity index (χ0n) is 12.5. The first-order valence-corrected chi connectivity index (χ1v) is 7.80. The third kappa shape index (κ3) is 3.48. The summed E-state index contributed by atoms with van der Waals surface area (Å²) in [5, 5.41) is 13.2. The van der Waals surface area contributed by atoms with Crippen molar-refractivity contribution in [1.82, 2.24) is 5.32 Å². The Kier molecular flexibility index (Phi) is 4.03. The molecular weight excluding hydrogens is 264 g/mol. The second kappa shape index (κ2) is 5.95. The van der Waals surface area contributed by atoms with E-state index < -0.39 is 5.54 Å². The van der Waals surface area contributed by atoms with E-state index in [1.54, 1.807) is 0 Å². The van der Waals surface area contributed by atoms with Crippen molar-refractivity contribution >= 4 is 0 Å². The predicted octanol–water partition coefficient (Wildman–Crippen LogP) is 2.89. The molecule has 1 unspecified atom stereocenters. The Balaban J connectivity index is 1.62. The minimum atomic E-state index is -0.514. The van der Waals surface area contributed by atoms with Crippen molar-refractivity contribution < 1.29 is 9.47 Å². The van der Waals surface area contributed by atoms with E-state index in [1.165, 1.54) is 12.8 Å². The van der Waals surface area contributed by atoms with Crippen molar-refractivity contribution in [1.29, 1.82) is 5.26 Å². The topological polar surface area (TPSA) is 54.3 Å². The van der Waals surface area contributed by atoms with Crippen LogP contribution >= 0.6 is 0 Å². The molecule has 0 amide bonds. The van der Waals surface area contributed by atoms with Gasteiger partial charge in [-0.2, -0.15) is 5.26 Å². The molecule has 1 N–H and O–H groups in total. The van der Waals surface area contributed by atoms with Gasteiger partial charge in [-0.1, -0.05) is 0 Å². The van der Waals surface area contributed by atoms with Crippen LogP contribution in [-0.4, -0.2) is 24.8 Å². The Hall–Kier alpha value is -1.73. The highest BCUT2D eigenvalue weighted by molar-refractivity contribution is 5.31. The number of nitrogens with one attached hydrogen (secondary N) is 1. The quantitative estimate of drug-likeness (QED) is 0.798. The van der Waals surface area contributed by atoms with Gasteiger partial charge < -0.3 is 9.47 Å². The molecule has 0 radical (unpaired) electrons. The Morgan fingerprint density at radius 1 is 1.14 bits per heavy atom. The minimum absolute atomic E-state index is 0.415. The van der Waals surface area contributed by atoms with Gasteiger partial charge in [-0.15, -0.1) is 0 Å². The molecule has 2 aliphatic carbocycles. The van der Waals surface area contributed by atoms with Gasteiger partial charge in [0.2, 0.25) is 0 Å². The molecule has 2 saturated carbocycles. The van der Waals surface area contributed by atoms with E-state index in [-0.39, 0.29) is 0 Å². The van der Waals surface area contributed by atoms with Gasteiger partial charge in [0, 0.05) is 6.04 Å². The van der Waals surface area contributed by atoms with Crippen LogP contribution in [0.1, 0.15) is 32.6 Å². The summed E-state index contributed by atoms with van der Waals surface area (Å²) in [5.41, 5.74) is -0.514. The van der Waals surface area contributed by atoms with Crippen LogP contribution < -0.4 is 14.8 Å². The van der Waals surface area contributed by atoms with Crippen molar-refractivity contribution in [3.63, 3.8) is 0 Å². The molecular formula is C17H22N2O2. The van der Waals surface area contributed by atoms with E-state index >= 15 is 0 Å². The minimum Gasteiger partial charge on any atom is -0.494 e. The molecule has 0 saturated heterocycles. The number of nitrogens with zero attached hydrogens (tertiary/aromatic N) is 1. The van der Waals surface area contributed by atoms with Crippen LogP contribution in [-0.2, 0) is 0 Å². The third-order valence-electron chi connectivity index (χ3n) is 4.11. The predicted molar refractivity (Wildman–Crippen MR) is 80.3 cm³/mol. The smallest absolute Gasteiger partial charge is 0.144 e. The molecule has 1 atom stereocenters. The molecule has 112 valence electrons. The molecule has 0 aliphatic heterocycles. The Morgan fingerprint density at radius 2 is 1.76 bits per heavy atom. The number of nitriles is 1. The van der Waals surface area contributed by atoms with Gasteiger partial charge in [-0.05, 0) is 62.8 Å². The number of benzene rings is 1. The fraction of sp³-hybridized carbons (Fsp3) is 0.588. The molecule has 0 heterocycles. The Labute approximate surface area is 126 Å². The normalized spacial score (nSPS) is 20.4.